The molecule has 0 fully saturated rings. The van der Waals surface area contributed by atoms with E-state index in [1.807, 2.05) is 13.0 Å². The summed E-state index contributed by atoms with van der Waals surface area (Å²) in [5.41, 5.74) is 2.22. The Hall–Kier alpha value is -1.61. The maximum absolute atomic E-state index is 9.98. The number of aliphatic hydroxyl groups excluding tert-OH is 1. The molecule has 5 nitrogen and oxygen atoms in total. The molecule has 0 aliphatic heterocycles. The molecule has 0 amide bonds. The summed E-state index contributed by atoms with van der Waals surface area (Å²) in [6, 6.07) is 7.59. The highest BCUT2D eigenvalue weighted by molar-refractivity contribution is 5.59. The molecule has 0 spiro atoms. The van der Waals surface area contributed by atoms with Gasteiger partial charge in [-0.2, -0.15) is 5.26 Å². The van der Waals surface area contributed by atoms with Gasteiger partial charge in [-0.25, -0.2) is 0 Å². The van der Waals surface area contributed by atoms with Gasteiger partial charge in [-0.15, -0.1) is 0 Å². The summed E-state index contributed by atoms with van der Waals surface area (Å²) >= 11 is 0. The zero-order valence-corrected chi connectivity index (χ0v) is 13.2. The van der Waals surface area contributed by atoms with Crippen molar-refractivity contribution >= 4 is 5.69 Å². The lowest BCUT2D eigenvalue weighted by Gasteiger charge is -2.33. The van der Waals surface area contributed by atoms with Crippen molar-refractivity contribution in [2.75, 3.05) is 38.9 Å². The highest BCUT2D eigenvalue weighted by atomic mass is 16.5. The van der Waals surface area contributed by atoms with Crippen LogP contribution in [0.15, 0.2) is 18.2 Å². The Labute approximate surface area is 126 Å². The van der Waals surface area contributed by atoms with E-state index in [-0.39, 0.29) is 6.04 Å². The van der Waals surface area contributed by atoms with E-state index in [9.17, 15) is 5.11 Å². The van der Waals surface area contributed by atoms with Crippen LogP contribution in [-0.2, 0) is 9.47 Å². The van der Waals surface area contributed by atoms with Gasteiger partial charge in [0, 0.05) is 38.1 Å². The highest BCUT2D eigenvalue weighted by Crippen LogP contribution is 2.29. The van der Waals surface area contributed by atoms with Gasteiger partial charge in [0.2, 0.25) is 0 Å². The van der Waals surface area contributed by atoms with Crippen LogP contribution in [0.1, 0.15) is 31.1 Å². The summed E-state index contributed by atoms with van der Waals surface area (Å²) in [5.74, 6) is 0. The third-order valence-corrected chi connectivity index (χ3v) is 3.40. The lowest BCUT2D eigenvalue weighted by Crippen LogP contribution is -2.39. The van der Waals surface area contributed by atoms with Crippen molar-refractivity contribution in [2.45, 2.75) is 26.0 Å². The van der Waals surface area contributed by atoms with Gasteiger partial charge in [0.25, 0.3) is 0 Å². The summed E-state index contributed by atoms with van der Waals surface area (Å²) in [6.45, 7) is 5.55. The minimum absolute atomic E-state index is 0.108. The predicted molar refractivity (Wildman–Crippen MR) is 82.4 cm³/mol. The number of anilines is 1. The summed E-state index contributed by atoms with van der Waals surface area (Å²) in [4.78, 5) is 2.11. The van der Waals surface area contributed by atoms with E-state index < -0.39 is 6.10 Å². The Morgan fingerprint density at radius 1 is 1.29 bits per heavy atom. The molecule has 0 heterocycles. The van der Waals surface area contributed by atoms with Crippen LogP contribution in [0, 0.1) is 11.3 Å². The molecule has 1 aromatic carbocycles. The number of ether oxygens (including phenoxy) is 2. The number of nitrogens with zero attached hydrogens (tertiary/aromatic N) is 2. The smallest absolute Gasteiger partial charge is 0.0992 e. The van der Waals surface area contributed by atoms with Crippen molar-refractivity contribution in [2.24, 2.45) is 0 Å². The molecule has 0 aliphatic rings. The number of hydrogen-bond donors (Lipinski definition) is 1. The minimum atomic E-state index is -0.604. The van der Waals surface area contributed by atoms with Crippen LogP contribution in [0.25, 0.3) is 0 Å². The van der Waals surface area contributed by atoms with Gasteiger partial charge in [-0.05, 0) is 26.0 Å². The molecule has 1 aromatic rings. The first-order valence-electron chi connectivity index (χ1n) is 7.01. The lowest BCUT2D eigenvalue weighted by atomic mass is 10.0. The first-order valence-corrected chi connectivity index (χ1v) is 7.01. The molecule has 0 aliphatic carbocycles. The SMILES string of the molecule is COCCN(c1cc(C#N)ccc1[C@@H](C)O)C(C)COC. The Morgan fingerprint density at radius 2 is 2.00 bits per heavy atom. The molecule has 21 heavy (non-hydrogen) atoms. The molecule has 0 aromatic heterocycles. The van der Waals surface area contributed by atoms with Crippen LogP contribution >= 0.6 is 0 Å². The van der Waals surface area contributed by atoms with Crippen LogP contribution in [-0.4, -0.2) is 45.1 Å². The molecule has 0 saturated carbocycles. The van der Waals surface area contributed by atoms with Gasteiger partial charge in [0.15, 0.2) is 0 Å². The number of nitriles is 1. The fourth-order valence-electron chi connectivity index (χ4n) is 2.31. The van der Waals surface area contributed by atoms with Gasteiger partial charge in [-0.1, -0.05) is 6.07 Å². The maximum atomic E-state index is 9.98. The number of methoxy groups -OCH3 is 2. The van der Waals surface area contributed by atoms with Gasteiger partial charge in [0.1, 0.15) is 0 Å². The molecule has 116 valence electrons. The molecule has 2 atom stereocenters. The van der Waals surface area contributed by atoms with Crippen LogP contribution < -0.4 is 4.90 Å². The van der Waals surface area contributed by atoms with E-state index in [2.05, 4.69) is 11.0 Å². The standard InChI is InChI=1S/C16H24N2O3/c1-12(11-21-4)18(7-8-20-3)16-9-14(10-17)5-6-15(16)13(2)19/h5-6,9,12-13,19H,7-8,11H2,1-4H3/t12?,13-/m1/s1. The molecule has 5 heteroatoms. The average Bonchev–Trinajstić information content (AvgIpc) is 2.47. The first kappa shape index (κ1) is 17.4. The van der Waals surface area contributed by atoms with Crippen molar-refractivity contribution in [3.63, 3.8) is 0 Å². The van der Waals surface area contributed by atoms with E-state index in [4.69, 9.17) is 14.7 Å². The molecule has 0 bridgehead atoms. The second-order valence-electron chi connectivity index (χ2n) is 5.05. The quantitative estimate of drug-likeness (QED) is 0.795. The van der Waals surface area contributed by atoms with E-state index in [0.29, 0.717) is 25.3 Å². The Kier molecular flexibility index (Phi) is 7.17. The van der Waals surface area contributed by atoms with E-state index in [1.54, 1.807) is 33.3 Å². The minimum Gasteiger partial charge on any atom is -0.389 e. The van der Waals surface area contributed by atoms with Crippen molar-refractivity contribution in [1.29, 1.82) is 5.26 Å². The van der Waals surface area contributed by atoms with Gasteiger partial charge >= 0.3 is 0 Å². The second-order valence-corrected chi connectivity index (χ2v) is 5.05. The predicted octanol–water partition coefficient (Wildman–Crippen LogP) is 2.10. The number of benzene rings is 1. The molecular formula is C16H24N2O3. The zero-order chi connectivity index (χ0) is 15.8. The zero-order valence-electron chi connectivity index (χ0n) is 13.2. The van der Waals surface area contributed by atoms with E-state index >= 15 is 0 Å². The fraction of sp³-hybridized carbons (Fsp3) is 0.562. The molecular weight excluding hydrogens is 268 g/mol. The van der Waals surface area contributed by atoms with Crippen molar-refractivity contribution < 1.29 is 14.6 Å². The summed E-state index contributed by atoms with van der Waals surface area (Å²) < 4.78 is 10.4. The van der Waals surface area contributed by atoms with Crippen molar-refractivity contribution in [3.8, 4) is 6.07 Å². The lowest BCUT2D eigenvalue weighted by molar-refractivity contribution is 0.169. The Morgan fingerprint density at radius 3 is 2.52 bits per heavy atom. The largest absolute Gasteiger partial charge is 0.389 e. The average molecular weight is 292 g/mol. The molecule has 1 unspecified atom stereocenters. The van der Waals surface area contributed by atoms with Crippen LogP contribution in [0.3, 0.4) is 0 Å². The number of hydrogen-bond acceptors (Lipinski definition) is 5. The topological polar surface area (TPSA) is 65.7 Å². The summed E-state index contributed by atoms with van der Waals surface area (Å²) in [5, 5.41) is 19.1. The van der Waals surface area contributed by atoms with Crippen LogP contribution in [0.2, 0.25) is 0 Å². The number of rotatable bonds is 8. The monoisotopic (exact) mass is 292 g/mol. The maximum Gasteiger partial charge on any atom is 0.0992 e. The van der Waals surface area contributed by atoms with Gasteiger partial charge < -0.3 is 19.5 Å². The normalized spacial score (nSPS) is 13.5. The first-order chi connectivity index (χ1) is 10.0. The van der Waals surface area contributed by atoms with E-state index in [0.717, 1.165) is 11.3 Å². The van der Waals surface area contributed by atoms with Crippen molar-refractivity contribution in [3.05, 3.63) is 29.3 Å². The Bertz CT molecular complexity index is 483. The highest BCUT2D eigenvalue weighted by Gasteiger charge is 2.20. The molecule has 1 rings (SSSR count). The van der Waals surface area contributed by atoms with Gasteiger partial charge in [-0.3, -0.25) is 0 Å². The van der Waals surface area contributed by atoms with Crippen LogP contribution in [0.4, 0.5) is 5.69 Å². The second kappa shape index (κ2) is 8.63. The third-order valence-electron chi connectivity index (χ3n) is 3.40. The van der Waals surface area contributed by atoms with Crippen LogP contribution in [0.5, 0.6) is 0 Å². The molecule has 1 N–H and O–H groups in total. The van der Waals surface area contributed by atoms with Gasteiger partial charge in [0.05, 0.1) is 31.0 Å². The fourth-order valence-corrected chi connectivity index (χ4v) is 2.31. The summed E-state index contributed by atoms with van der Waals surface area (Å²) in [6.07, 6.45) is -0.604. The van der Waals surface area contributed by atoms with Crippen molar-refractivity contribution in [1.82, 2.24) is 0 Å². The Balaban J connectivity index is 3.23. The molecule has 0 saturated heterocycles. The molecule has 0 radical (unpaired) electrons. The van der Waals surface area contributed by atoms with E-state index in [1.165, 1.54) is 0 Å². The third kappa shape index (κ3) is 4.71. The number of aliphatic hydroxyl groups is 1. The summed E-state index contributed by atoms with van der Waals surface area (Å²) in [7, 11) is 3.31.